The zero-order valence-corrected chi connectivity index (χ0v) is 11.0. The van der Waals surface area contributed by atoms with Crippen LogP contribution in [0.1, 0.15) is 59.8 Å². The number of allylic oxidation sites excluding steroid dienone is 1. The van der Waals surface area contributed by atoms with Gasteiger partial charge in [0.05, 0.1) is 0 Å². The summed E-state index contributed by atoms with van der Waals surface area (Å²) < 4.78 is 5.46. The van der Waals surface area contributed by atoms with Gasteiger partial charge >= 0.3 is 5.97 Å². The fraction of sp³-hybridized carbons (Fsp3) is 0.786. The van der Waals surface area contributed by atoms with Gasteiger partial charge in [-0.25, -0.2) is 4.79 Å². The highest BCUT2D eigenvalue weighted by atomic mass is 16.5. The summed E-state index contributed by atoms with van der Waals surface area (Å²) in [6.07, 6.45) is 7.70. The second-order valence-corrected chi connectivity index (χ2v) is 5.48. The van der Waals surface area contributed by atoms with E-state index in [1.165, 1.54) is 12.8 Å². The molecule has 0 saturated heterocycles. The number of ether oxygens (including phenoxy) is 1. The normalized spacial score (nSPS) is 18.9. The minimum Gasteiger partial charge on any atom is -0.459 e. The Morgan fingerprint density at radius 3 is 2.44 bits per heavy atom. The van der Waals surface area contributed by atoms with Crippen LogP contribution < -0.4 is 0 Å². The summed E-state index contributed by atoms with van der Waals surface area (Å²) in [6.45, 7) is 8.26. The van der Waals surface area contributed by atoms with Crippen molar-refractivity contribution in [3.63, 3.8) is 0 Å². The lowest BCUT2D eigenvalue weighted by Crippen LogP contribution is -2.17. The molecule has 0 atom stereocenters. The number of hydrogen-bond acceptors (Lipinski definition) is 2. The third kappa shape index (κ3) is 3.99. The van der Waals surface area contributed by atoms with Gasteiger partial charge in [-0.3, -0.25) is 0 Å². The van der Waals surface area contributed by atoms with E-state index in [0.29, 0.717) is 0 Å². The Labute approximate surface area is 99.1 Å². The standard InChI is InChI=1S/C14H24O2/c1-5-14(3,4)10-11(2)13(15)16-12-8-6-7-9-12/h10,12H,5-9H2,1-4H3/b11-10+. The Kier molecular flexibility index (Phi) is 4.57. The van der Waals surface area contributed by atoms with Crippen LogP contribution in [0.4, 0.5) is 0 Å². The van der Waals surface area contributed by atoms with E-state index in [0.717, 1.165) is 24.8 Å². The van der Waals surface area contributed by atoms with E-state index in [-0.39, 0.29) is 17.5 Å². The van der Waals surface area contributed by atoms with Crippen molar-refractivity contribution in [3.8, 4) is 0 Å². The number of carbonyl (C=O) groups is 1. The molecule has 0 N–H and O–H groups in total. The quantitative estimate of drug-likeness (QED) is 0.535. The monoisotopic (exact) mass is 224 g/mol. The molecular weight excluding hydrogens is 200 g/mol. The van der Waals surface area contributed by atoms with E-state index in [2.05, 4.69) is 20.8 Å². The molecule has 0 aliphatic heterocycles. The molecule has 1 aliphatic rings. The molecule has 0 amide bonds. The summed E-state index contributed by atoms with van der Waals surface area (Å²) in [5.41, 5.74) is 0.831. The lowest BCUT2D eigenvalue weighted by atomic mass is 9.88. The zero-order chi connectivity index (χ0) is 12.2. The van der Waals surface area contributed by atoms with Gasteiger partial charge in [0.1, 0.15) is 6.10 Å². The molecule has 0 aromatic rings. The minimum absolute atomic E-state index is 0.0821. The van der Waals surface area contributed by atoms with Gasteiger partial charge in [-0.15, -0.1) is 0 Å². The molecular formula is C14H24O2. The summed E-state index contributed by atoms with van der Waals surface area (Å²) in [7, 11) is 0. The molecule has 1 aliphatic carbocycles. The van der Waals surface area contributed by atoms with Gasteiger partial charge in [0, 0.05) is 5.57 Å². The summed E-state index contributed by atoms with van der Waals surface area (Å²) in [5, 5.41) is 0. The van der Waals surface area contributed by atoms with Crippen LogP contribution in [0.3, 0.4) is 0 Å². The fourth-order valence-electron chi connectivity index (χ4n) is 2.00. The van der Waals surface area contributed by atoms with Gasteiger partial charge in [-0.1, -0.05) is 26.8 Å². The number of esters is 1. The topological polar surface area (TPSA) is 26.3 Å². The van der Waals surface area contributed by atoms with E-state index in [1.807, 2.05) is 13.0 Å². The molecule has 2 heteroatoms. The van der Waals surface area contributed by atoms with Gasteiger partial charge in [0.25, 0.3) is 0 Å². The van der Waals surface area contributed by atoms with Crippen molar-refractivity contribution in [3.05, 3.63) is 11.6 Å². The van der Waals surface area contributed by atoms with Gasteiger partial charge in [-0.05, 0) is 44.4 Å². The van der Waals surface area contributed by atoms with Crippen LogP contribution in [0.5, 0.6) is 0 Å². The molecule has 0 heterocycles. The molecule has 92 valence electrons. The highest BCUT2D eigenvalue weighted by molar-refractivity contribution is 5.88. The zero-order valence-electron chi connectivity index (χ0n) is 11.0. The Morgan fingerprint density at radius 2 is 1.94 bits per heavy atom. The predicted molar refractivity (Wildman–Crippen MR) is 66.2 cm³/mol. The predicted octanol–water partition coefficient (Wildman–Crippen LogP) is 3.85. The lowest BCUT2D eigenvalue weighted by Gasteiger charge is -2.19. The first-order valence-corrected chi connectivity index (χ1v) is 6.35. The second kappa shape index (κ2) is 5.51. The molecule has 0 aromatic heterocycles. The van der Waals surface area contributed by atoms with Crippen LogP contribution in [0.2, 0.25) is 0 Å². The van der Waals surface area contributed by atoms with Crippen LogP contribution in [0.25, 0.3) is 0 Å². The number of rotatable bonds is 4. The third-order valence-corrected chi connectivity index (χ3v) is 3.42. The first-order valence-electron chi connectivity index (χ1n) is 6.35. The first-order chi connectivity index (χ1) is 7.44. The van der Waals surface area contributed by atoms with Crippen molar-refractivity contribution >= 4 is 5.97 Å². The molecule has 0 unspecified atom stereocenters. The largest absolute Gasteiger partial charge is 0.459 e. The van der Waals surface area contributed by atoms with Crippen LogP contribution in [0, 0.1) is 5.41 Å². The highest BCUT2D eigenvalue weighted by Crippen LogP contribution is 2.25. The smallest absolute Gasteiger partial charge is 0.333 e. The highest BCUT2D eigenvalue weighted by Gasteiger charge is 2.21. The van der Waals surface area contributed by atoms with E-state index < -0.39 is 0 Å². The van der Waals surface area contributed by atoms with Crippen molar-refractivity contribution < 1.29 is 9.53 Å². The first kappa shape index (κ1) is 13.3. The Morgan fingerprint density at radius 1 is 1.38 bits per heavy atom. The van der Waals surface area contributed by atoms with Crippen LogP contribution >= 0.6 is 0 Å². The maximum atomic E-state index is 11.8. The van der Waals surface area contributed by atoms with Crippen molar-refractivity contribution in [2.45, 2.75) is 65.9 Å². The van der Waals surface area contributed by atoms with E-state index in [1.54, 1.807) is 0 Å². The Bertz CT molecular complexity index is 270. The molecule has 0 radical (unpaired) electrons. The maximum Gasteiger partial charge on any atom is 0.333 e. The number of hydrogen-bond donors (Lipinski definition) is 0. The Hall–Kier alpha value is -0.790. The van der Waals surface area contributed by atoms with Gasteiger partial charge in [-0.2, -0.15) is 0 Å². The molecule has 0 bridgehead atoms. The van der Waals surface area contributed by atoms with Gasteiger partial charge in [0.2, 0.25) is 0 Å². The van der Waals surface area contributed by atoms with Gasteiger partial charge < -0.3 is 4.74 Å². The SMILES string of the molecule is CCC(C)(C)/C=C(\C)C(=O)OC1CCCC1. The summed E-state index contributed by atoms with van der Waals surface area (Å²) in [5.74, 6) is -0.131. The molecule has 1 saturated carbocycles. The van der Waals surface area contributed by atoms with Gasteiger partial charge in [0.15, 0.2) is 0 Å². The van der Waals surface area contributed by atoms with Crippen LogP contribution in [-0.4, -0.2) is 12.1 Å². The average Bonchev–Trinajstić information content (AvgIpc) is 2.69. The molecule has 1 fully saturated rings. The van der Waals surface area contributed by atoms with E-state index in [4.69, 9.17) is 4.74 Å². The Balaban J connectivity index is 2.52. The summed E-state index contributed by atoms with van der Waals surface area (Å²) in [6, 6.07) is 0. The number of carbonyl (C=O) groups excluding carboxylic acids is 1. The molecule has 0 spiro atoms. The molecule has 16 heavy (non-hydrogen) atoms. The maximum absolute atomic E-state index is 11.8. The minimum atomic E-state index is -0.131. The molecule has 2 nitrogen and oxygen atoms in total. The third-order valence-electron chi connectivity index (χ3n) is 3.42. The fourth-order valence-corrected chi connectivity index (χ4v) is 2.00. The molecule has 0 aromatic carbocycles. The van der Waals surface area contributed by atoms with Crippen molar-refractivity contribution in [2.24, 2.45) is 5.41 Å². The average molecular weight is 224 g/mol. The molecule has 1 rings (SSSR count). The van der Waals surface area contributed by atoms with Crippen molar-refractivity contribution in [1.29, 1.82) is 0 Å². The van der Waals surface area contributed by atoms with Crippen molar-refractivity contribution in [1.82, 2.24) is 0 Å². The lowest BCUT2D eigenvalue weighted by molar-refractivity contribution is -0.143. The van der Waals surface area contributed by atoms with Crippen molar-refractivity contribution in [2.75, 3.05) is 0 Å². The summed E-state index contributed by atoms with van der Waals surface area (Å²) in [4.78, 5) is 11.8. The van der Waals surface area contributed by atoms with Crippen LogP contribution in [-0.2, 0) is 9.53 Å². The van der Waals surface area contributed by atoms with E-state index >= 15 is 0 Å². The van der Waals surface area contributed by atoms with Crippen LogP contribution in [0.15, 0.2) is 11.6 Å². The summed E-state index contributed by atoms with van der Waals surface area (Å²) >= 11 is 0. The van der Waals surface area contributed by atoms with E-state index in [9.17, 15) is 4.79 Å². The second-order valence-electron chi connectivity index (χ2n) is 5.48.